The van der Waals surface area contributed by atoms with Crippen molar-refractivity contribution in [1.82, 2.24) is 15.0 Å². The maximum absolute atomic E-state index is 13.7. The summed E-state index contributed by atoms with van der Waals surface area (Å²) in [4.78, 5) is 12.0. The molecule has 0 aliphatic heterocycles. The number of benzene rings is 1. The molecule has 0 amide bonds. The van der Waals surface area contributed by atoms with Crippen LogP contribution in [0.15, 0.2) is 22.7 Å². The lowest BCUT2D eigenvalue weighted by Crippen LogP contribution is -2.08. The lowest BCUT2D eigenvalue weighted by atomic mass is 10.3. The second-order valence-electron chi connectivity index (χ2n) is 3.93. The quantitative estimate of drug-likeness (QED) is 0.844. The van der Waals surface area contributed by atoms with Crippen molar-refractivity contribution in [3.63, 3.8) is 0 Å². The van der Waals surface area contributed by atoms with Crippen molar-refractivity contribution in [1.29, 1.82) is 0 Å². The molecule has 0 bridgehead atoms. The monoisotopic (exact) mass is 359 g/mol. The maximum Gasteiger partial charge on any atom is 0.233 e. The molecular weight excluding hydrogens is 349 g/mol. The highest BCUT2D eigenvalue weighted by Crippen LogP contribution is 2.22. The van der Waals surface area contributed by atoms with Crippen molar-refractivity contribution < 1.29 is 4.39 Å². The van der Waals surface area contributed by atoms with Crippen LogP contribution in [-0.4, -0.2) is 21.5 Å². The van der Waals surface area contributed by atoms with E-state index in [4.69, 9.17) is 11.6 Å². The van der Waals surface area contributed by atoms with Crippen molar-refractivity contribution >= 4 is 45.1 Å². The maximum atomic E-state index is 13.7. The van der Waals surface area contributed by atoms with Gasteiger partial charge >= 0.3 is 0 Å². The van der Waals surface area contributed by atoms with Gasteiger partial charge in [0.1, 0.15) is 5.82 Å². The molecular formula is C12H12BrClFN5. The summed E-state index contributed by atoms with van der Waals surface area (Å²) < 4.78 is 14.4. The van der Waals surface area contributed by atoms with E-state index in [2.05, 4.69) is 41.5 Å². The van der Waals surface area contributed by atoms with E-state index in [0.29, 0.717) is 17.0 Å². The average Bonchev–Trinajstić information content (AvgIpc) is 2.39. The molecule has 0 atom stereocenters. The Bertz CT molecular complexity index is 610. The molecule has 20 heavy (non-hydrogen) atoms. The number of rotatable bonds is 5. The molecule has 1 aromatic carbocycles. The van der Waals surface area contributed by atoms with Crippen LogP contribution in [0, 0.1) is 5.82 Å². The summed E-state index contributed by atoms with van der Waals surface area (Å²) in [6.07, 6.45) is 0.924. The van der Waals surface area contributed by atoms with E-state index in [9.17, 15) is 4.39 Å². The number of hydrogen-bond donors (Lipinski definition) is 2. The fraction of sp³-hybridized carbons (Fsp3) is 0.250. The zero-order valence-electron chi connectivity index (χ0n) is 10.6. The smallest absolute Gasteiger partial charge is 0.233 e. The predicted molar refractivity (Wildman–Crippen MR) is 81.0 cm³/mol. The number of hydrogen-bond acceptors (Lipinski definition) is 5. The Morgan fingerprint density at radius 3 is 2.70 bits per heavy atom. The fourth-order valence-electron chi connectivity index (χ4n) is 1.43. The fourth-order valence-corrected chi connectivity index (χ4v) is 1.93. The molecule has 0 saturated carbocycles. The first-order chi connectivity index (χ1) is 9.58. The third-order valence-corrected chi connectivity index (χ3v) is 2.98. The Kier molecular flexibility index (Phi) is 5.08. The van der Waals surface area contributed by atoms with E-state index in [-0.39, 0.29) is 16.9 Å². The highest BCUT2D eigenvalue weighted by molar-refractivity contribution is 9.10. The van der Waals surface area contributed by atoms with E-state index in [1.165, 1.54) is 6.07 Å². The standard InChI is InChI=1S/C12H12BrClFN5/c1-2-5-16-11-18-10(14)19-12(20-11)17-9-4-3-7(13)6-8(9)15/h3-4,6H,2,5H2,1H3,(H2,16,17,18,19,20). The van der Waals surface area contributed by atoms with Gasteiger partial charge in [-0.25, -0.2) is 4.39 Å². The molecule has 0 radical (unpaired) electrons. The number of halogens is 3. The van der Waals surface area contributed by atoms with Gasteiger partial charge in [0, 0.05) is 11.0 Å². The summed E-state index contributed by atoms with van der Waals surface area (Å²) in [6, 6.07) is 4.64. The molecule has 0 unspecified atom stereocenters. The van der Waals surface area contributed by atoms with Crippen molar-refractivity contribution in [3.05, 3.63) is 33.8 Å². The molecule has 5 nitrogen and oxygen atoms in total. The van der Waals surface area contributed by atoms with Crippen LogP contribution in [0.1, 0.15) is 13.3 Å². The van der Waals surface area contributed by atoms with Gasteiger partial charge in [0.05, 0.1) is 5.69 Å². The molecule has 8 heteroatoms. The number of aromatic nitrogens is 3. The van der Waals surface area contributed by atoms with Crippen LogP contribution in [0.5, 0.6) is 0 Å². The first-order valence-corrected chi connectivity index (χ1v) is 7.13. The number of nitrogens with one attached hydrogen (secondary N) is 2. The Balaban J connectivity index is 2.21. The van der Waals surface area contributed by atoms with Crippen LogP contribution in [0.4, 0.5) is 22.0 Å². The van der Waals surface area contributed by atoms with E-state index >= 15 is 0 Å². The van der Waals surface area contributed by atoms with Gasteiger partial charge in [-0.1, -0.05) is 22.9 Å². The molecule has 2 aromatic rings. The van der Waals surface area contributed by atoms with Gasteiger partial charge in [-0.15, -0.1) is 0 Å². The minimum atomic E-state index is -0.418. The van der Waals surface area contributed by atoms with Crippen LogP contribution in [0.25, 0.3) is 0 Å². The zero-order chi connectivity index (χ0) is 14.5. The summed E-state index contributed by atoms with van der Waals surface area (Å²) in [7, 11) is 0. The summed E-state index contributed by atoms with van der Waals surface area (Å²) in [5.41, 5.74) is 0.261. The lowest BCUT2D eigenvalue weighted by Gasteiger charge is -2.08. The summed E-state index contributed by atoms with van der Waals surface area (Å²) in [5, 5.41) is 5.81. The molecule has 0 aliphatic carbocycles. The Hall–Kier alpha value is -1.47. The molecule has 1 aromatic heterocycles. The molecule has 2 N–H and O–H groups in total. The van der Waals surface area contributed by atoms with Crippen molar-refractivity contribution in [2.24, 2.45) is 0 Å². The summed E-state index contributed by atoms with van der Waals surface area (Å²) in [5.74, 6) is 0.121. The highest BCUT2D eigenvalue weighted by atomic mass is 79.9. The summed E-state index contributed by atoms with van der Waals surface area (Å²) in [6.45, 7) is 2.73. The van der Waals surface area contributed by atoms with Crippen LogP contribution in [0.2, 0.25) is 5.28 Å². The van der Waals surface area contributed by atoms with Gasteiger partial charge in [-0.3, -0.25) is 0 Å². The van der Waals surface area contributed by atoms with E-state index < -0.39 is 5.82 Å². The van der Waals surface area contributed by atoms with E-state index in [1.54, 1.807) is 12.1 Å². The normalized spacial score (nSPS) is 10.4. The summed E-state index contributed by atoms with van der Waals surface area (Å²) >= 11 is 9.01. The molecule has 0 saturated heterocycles. The Morgan fingerprint density at radius 2 is 2.00 bits per heavy atom. The van der Waals surface area contributed by atoms with Crippen LogP contribution >= 0.6 is 27.5 Å². The first-order valence-electron chi connectivity index (χ1n) is 5.96. The minimum Gasteiger partial charge on any atom is -0.354 e. The van der Waals surface area contributed by atoms with Gasteiger partial charge in [0.2, 0.25) is 17.2 Å². The number of nitrogens with zero attached hydrogens (tertiary/aromatic N) is 3. The predicted octanol–water partition coefficient (Wildman–Crippen LogP) is 3.99. The van der Waals surface area contributed by atoms with Gasteiger partial charge in [-0.05, 0) is 36.2 Å². The SMILES string of the molecule is CCCNc1nc(Cl)nc(Nc2ccc(Br)cc2F)n1. The molecule has 0 spiro atoms. The first kappa shape index (κ1) is 14.9. The molecule has 0 fully saturated rings. The topological polar surface area (TPSA) is 62.7 Å². The van der Waals surface area contributed by atoms with Gasteiger partial charge in [0.15, 0.2) is 0 Å². The Labute approximate surface area is 129 Å². The van der Waals surface area contributed by atoms with E-state index in [0.717, 1.165) is 6.42 Å². The highest BCUT2D eigenvalue weighted by Gasteiger charge is 2.08. The molecule has 2 rings (SSSR count). The van der Waals surface area contributed by atoms with Gasteiger partial charge < -0.3 is 10.6 Å². The molecule has 1 heterocycles. The Morgan fingerprint density at radius 1 is 1.25 bits per heavy atom. The number of anilines is 3. The van der Waals surface area contributed by atoms with Gasteiger partial charge in [-0.2, -0.15) is 15.0 Å². The second-order valence-corrected chi connectivity index (χ2v) is 5.18. The minimum absolute atomic E-state index is 0.0404. The van der Waals surface area contributed by atoms with Gasteiger partial charge in [0.25, 0.3) is 0 Å². The van der Waals surface area contributed by atoms with Crippen LogP contribution < -0.4 is 10.6 Å². The molecule has 106 valence electrons. The zero-order valence-corrected chi connectivity index (χ0v) is 13.0. The average molecular weight is 361 g/mol. The van der Waals surface area contributed by atoms with Crippen LogP contribution in [-0.2, 0) is 0 Å². The largest absolute Gasteiger partial charge is 0.354 e. The molecule has 0 aliphatic rings. The third-order valence-electron chi connectivity index (χ3n) is 2.32. The van der Waals surface area contributed by atoms with Crippen molar-refractivity contribution in [3.8, 4) is 0 Å². The lowest BCUT2D eigenvalue weighted by molar-refractivity contribution is 0.630. The second kappa shape index (κ2) is 6.81. The van der Waals surface area contributed by atoms with E-state index in [1.807, 2.05) is 6.92 Å². The van der Waals surface area contributed by atoms with Crippen molar-refractivity contribution in [2.75, 3.05) is 17.2 Å². The van der Waals surface area contributed by atoms with Crippen molar-refractivity contribution in [2.45, 2.75) is 13.3 Å². The third kappa shape index (κ3) is 4.01. The van der Waals surface area contributed by atoms with Crippen LogP contribution in [0.3, 0.4) is 0 Å².